The number of ketones is 2. The van der Waals surface area contributed by atoms with E-state index >= 15 is 0 Å². The summed E-state index contributed by atoms with van der Waals surface area (Å²) in [6.07, 6.45) is 2.35. The molecule has 0 amide bonds. The molecule has 4 nitrogen and oxygen atoms in total. The Labute approximate surface area is 90.0 Å². The highest BCUT2D eigenvalue weighted by molar-refractivity contribution is 5.99. The molecule has 0 rings (SSSR count). The third-order valence-corrected chi connectivity index (χ3v) is 2.04. The van der Waals surface area contributed by atoms with E-state index in [1.807, 2.05) is 6.92 Å². The van der Waals surface area contributed by atoms with Crippen LogP contribution in [0.25, 0.3) is 0 Å². The molecule has 0 bridgehead atoms. The van der Waals surface area contributed by atoms with E-state index in [0.29, 0.717) is 6.42 Å². The molecule has 0 radical (unpaired) electrons. The molecule has 86 valence electrons. The van der Waals surface area contributed by atoms with Crippen molar-refractivity contribution in [2.45, 2.75) is 45.4 Å². The van der Waals surface area contributed by atoms with E-state index in [4.69, 9.17) is 0 Å². The van der Waals surface area contributed by atoms with Crippen molar-refractivity contribution in [3.8, 4) is 0 Å². The molecule has 0 aliphatic rings. The van der Waals surface area contributed by atoms with Gasteiger partial charge in [0, 0.05) is 12.8 Å². The molecule has 0 aromatic carbocycles. The van der Waals surface area contributed by atoms with Crippen LogP contribution in [0, 0.1) is 0 Å². The van der Waals surface area contributed by atoms with E-state index in [-0.39, 0.29) is 30.8 Å². The maximum Gasteiger partial charge on any atom is 0.305 e. The second-order valence-corrected chi connectivity index (χ2v) is 3.43. The largest absolute Gasteiger partial charge is 0.469 e. The number of carbonyl (C=O) groups is 3. The fraction of sp³-hybridized carbons (Fsp3) is 0.727. The molecular formula is C11H18O4. The molecular weight excluding hydrogens is 196 g/mol. The SMILES string of the molecule is CCCCC(=O)CC(=O)CCC(=O)OC. The van der Waals surface area contributed by atoms with Crippen LogP contribution in [-0.2, 0) is 19.1 Å². The Morgan fingerprint density at radius 1 is 1.00 bits per heavy atom. The predicted octanol–water partition coefficient (Wildman–Crippen LogP) is 1.66. The highest BCUT2D eigenvalue weighted by Crippen LogP contribution is 2.03. The molecule has 0 aliphatic heterocycles. The smallest absolute Gasteiger partial charge is 0.305 e. The lowest BCUT2D eigenvalue weighted by molar-refractivity contribution is -0.142. The average molecular weight is 214 g/mol. The van der Waals surface area contributed by atoms with Crippen LogP contribution in [0.5, 0.6) is 0 Å². The molecule has 0 spiro atoms. The maximum atomic E-state index is 11.2. The summed E-state index contributed by atoms with van der Waals surface area (Å²) < 4.78 is 4.39. The van der Waals surface area contributed by atoms with Crippen LogP contribution in [0.3, 0.4) is 0 Å². The van der Waals surface area contributed by atoms with Crippen molar-refractivity contribution in [2.24, 2.45) is 0 Å². The van der Waals surface area contributed by atoms with Crippen molar-refractivity contribution >= 4 is 17.5 Å². The van der Waals surface area contributed by atoms with Gasteiger partial charge in [-0.25, -0.2) is 0 Å². The Hall–Kier alpha value is -1.19. The van der Waals surface area contributed by atoms with Crippen molar-refractivity contribution in [2.75, 3.05) is 7.11 Å². The summed E-state index contributed by atoms with van der Waals surface area (Å²) in [5.74, 6) is -0.627. The normalized spacial score (nSPS) is 9.73. The van der Waals surface area contributed by atoms with Crippen LogP contribution in [0.4, 0.5) is 0 Å². The zero-order valence-electron chi connectivity index (χ0n) is 9.38. The number of Topliss-reactive ketones (excluding diaryl/α,β-unsaturated/α-hetero) is 2. The topological polar surface area (TPSA) is 60.4 Å². The van der Waals surface area contributed by atoms with Gasteiger partial charge in [0.25, 0.3) is 0 Å². The quantitative estimate of drug-likeness (QED) is 0.455. The zero-order chi connectivity index (χ0) is 11.7. The van der Waals surface area contributed by atoms with E-state index in [2.05, 4.69) is 4.74 Å². The standard InChI is InChI=1S/C11H18O4/c1-3-4-5-9(12)8-10(13)6-7-11(14)15-2/h3-8H2,1-2H3. The molecule has 0 heterocycles. The Bertz CT molecular complexity index is 233. The zero-order valence-corrected chi connectivity index (χ0v) is 9.38. The monoisotopic (exact) mass is 214 g/mol. The molecule has 0 aliphatic carbocycles. The van der Waals surface area contributed by atoms with E-state index in [0.717, 1.165) is 12.8 Å². The summed E-state index contributed by atoms with van der Waals surface area (Å²) in [6, 6.07) is 0. The molecule has 0 aromatic heterocycles. The summed E-state index contributed by atoms with van der Waals surface area (Å²) >= 11 is 0. The molecule has 0 saturated carbocycles. The summed E-state index contributed by atoms with van der Waals surface area (Å²) in [4.78, 5) is 33.1. The lowest BCUT2D eigenvalue weighted by Gasteiger charge is -1.99. The molecule has 0 saturated heterocycles. The van der Waals surface area contributed by atoms with Crippen molar-refractivity contribution in [3.63, 3.8) is 0 Å². The molecule has 0 fully saturated rings. The van der Waals surface area contributed by atoms with Gasteiger partial charge in [0.2, 0.25) is 0 Å². The predicted molar refractivity (Wildman–Crippen MR) is 55.4 cm³/mol. The van der Waals surface area contributed by atoms with Gasteiger partial charge in [0.1, 0.15) is 11.6 Å². The van der Waals surface area contributed by atoms with E-state index in [1.165, 1.54) is 7.11 Å². The fourth-order valence-electron chi connectivity index (χ4n) is 1.11. The van der Waals surface area contributed by atoms with Gasteiger partial charge in [-0.3, -0.25) is 14.4 Å². The lowest BCUT2D eigenvalue weighted by Crippen LogP contribution is -2.10. The summed E-state index contributed by atoms with van der Waals surface area (Å²) in [7, 11) is 1.28. The van der Waals surface area contributed by atoms with Gasteiger partial charge in [-0.05, 0) is 6.42 Å². The number of hydrogen-bond donors (Lipinski definition) is 0. The van der Waals surface area contributed by atoms with Crippen LogP contribution in [-0.4, -0.2) is 24.6 Å². The average Bonchev–Trinajstić information content (AvgIpc) is 2.22. The number of esters is 1. The second-order valence-electron chi connectivity index (χ2n) is 3.43. The van der Waals surface area contributed by atoms with Crippen molar-refractivity contribution in [3.05, 3.63) is 0 Å². The minimum Gasteiger partial charge on any atom is -0.469 e. The molecule has 4 heteroatoms. The molecule has 15 heavy (non-hydrogen) atoms. The first-order valence-electron chi connectivity index (χ1n) is 5.20. The van der Waals surface area contributed by atoms with Crippen LogP contribution >= 0.6 is 0 Å². The van der Waals surface area contributed by atoms with E-state index in [1.54, 1.807) is 0 Å². The summed E-state index contributed by atoms with van der Waals surface area (Å²) in [5.41, 5.74) is 0. The van der Waals surface area contributed by atoms with Crippen molar-refractivity contribution < 1.29 is 19.1 Å². The minimum absolute atomic E-state index is 0.0354. The highest BCUT2D eigenvalue weighted by atomic mass is 16.5. The number of methoxy groups -OCH3 is 1. The molecule has 0 aromatic rings. The lowest BCUT2D eigenvalue weighted by atomic mass is 10.1. The van der Waals surface area contributed by atoms with Crippen LogP contribution < -0.4 is 0 Å². The fourth-order valence-corrected chi connectivity index (χ4v) is 1.11. The minimum atomic E-state index is -0.413. The van der Waals surface area contributed by atoms with Crippen molar-refractivity contribution in [1.82, 2.24) is 0 Å². The van der Waals surface area contributed by atoms with Gasteiger partial charge < -0.3 is 4.74 Å². The van der Waals surface area contributed by atoms with Crippen LogP contribution in [0.1, 0.15) is 45.4 Å². The maximum absolute atomic E-state index is 11.2. The van der Waals surface area contributed by atoms with Crippen LogP contribution in [0.15, 0.2) is 0 Å². The third kappa shape index (κ3) is 7.85. The Kier molecular flexibility index (Phi) is 7.50. The highest BCUT2D eigenvalue weighted by Gasteiger charge is 2.11. The van der Waals surface area contributed by atoms with Gasteiger partial charge in [0.05, 0.1) is 20.0 Å². The van der Waals surface area contributed by atoms with Gasteiger partial charge in [0.15, 0.2) is 0 Å². The van der Waals surface area contributed by atoms with Crippen LogP contribution in [0.2, 0.25) is 0 Å². The second kappa shape index (κ2) is 8.15. The first-order chi connectivity index (χ1) is 7.10. The van der Waals surface area contributed by atoms with E-state index in [9.17, 15) is 14.4 Å². The van der Waals surface area contributed by atoms with Crippen molar-refractivity contribution in [1.29, 1.82) is 0 Å². The third-order valence-electron chi connectivity index (χ3n) is 2.04. The number of rotatable bonds is 8. The number of hydrogen-bond acceptors (Lipinski definition) is 4. The van der Waals surface area contributed by atoms with Gasteiger partial charge in [-0.15, -0.1) is 0 Å². The Morgan fingerprint density at radius 2 is 1.60 bits per heavy atom. The van der Waals surface area contributed by atoms with Gasteiger partial charge >= 0.3 is 5.97 Å². The van der Waals surface area contributed by atoms with E-state index < -0.39 is 5.97 Å². The number of carbonyl (C=O) groups excluding carboxylic acids is 3. The molecule has 0 unspecified atom stereocenters. The Balaban J connectivity index is 3.64. The van der Waals surface area contributed by atoms with Gasteiger partial charge in [-0.1, -0.05) is 13.3 Å². The summed E-state index contributed by atoms with van der Waals surface area (Å²) in [5, 5.41) is 0. The molecule has 0 N–H and O–H groups in total. The van der Waals surface area contributed by atoms with Gasteiger partial charge in [-0.2, -0.15) is 0 Å². The first kappa shape index (κ1) is 13.8. The Morgan fingerprint density at radius 3 is 2.13 bits per heavy atom. The number of unbranched alkanes of at least 4 members (excludes halogenated alkanes) is 1. The first-order valence-corrected chi connectivity index (χ1v) is 5.20. The molecule has 0 atom stereocenters. The number of ether oxygens (including phenoxy) is 1. The summed E-state index contributed by atoms with van der Waals surface area (Å²) in [6.45, 7) is 1.99.